The van der Waals surface area contributed by atoms with Gasteiger partial charge in [-0.25, -0.2) is 0 Å². The van der Waals surface area contributed by atoms with Crippen molar-refractivity contribution in [3.63, 3.8) is 0 Å². The van der Waals surface area contributed by atoms with Crippen molar-refractivity contribution in [3.05, 3.63) is 29.8 Å². The highest BCUT2D eigenvalue weighted by atomic mass is 16.1. The van der Waals surface area contributed by atoms with E-state index in [1.54, 1.807) is 0 Å². The van der Waals surface area contributed by atoms with E-state index in [1.165, 1.54) is 0 Å². The van der Waals surface area contributed by atoms with E-state index < -0.39 is 0 Å². The molecule has 0 aliphatic carbocycles. The minimum Gasteiger partial charge on any atom is -0.326 e. The highest BCUT2D eigenvalue weighted by molar-refractivity contribution is 5.92. The van der Waals surface area contributed by atoms with Crippen LogP contribution in [0.25, 0.3) is 0 Å². The maximum Gasteiger partial charge on any atom is 0.228 e. The van der Waals surface area contributed by atoms with E-state index in [0.717, 1.165) is 37.2 Å². The van der Waals surface area contributed by atoms with Crippen LogP contribution < -0.4 is 10.6 Å². The van der Waals surface area contributed by atoms with E-state index in [0.29, 0.717) is 0 Å². The average molecular weight is 228 g/mol. The summed E-state index contributed by atoms with van der Waals surface area (Å²) in [6.45, 7) is 1.77. The van der Waals surface area contributed by atoms with E-state index in [9.17, 15) is 4.79 Å². The monoisotopic (exact) mass is 228 g/mol. The first kappa shape index (κ1) is 11.7. The van der Waals surface area contributed by atoms with E-state index in [-0.39, 0.29) is 11.8 Å². The molecule has 1 aromatic carbocycles. The lowest BCUT2D eigenvalue weighted by Crippen LogP contribution is -2.37. The molecule has 1 amide bonds. The molecule has 1 aliphatic rings. The molecule has 88 valence electrons. The third-order valence-electron chi connectivity index (χ3n) is 2.96. The molecule has 1 atom stereocenters. The Labute approximate surface area is 102 Å². The minimum absolute atomic E-state index is 0.0678. The molecule has 0 unspecified atom stereocenters. The molecule has 2 N–H and O–H groups in total. The van der Waals surface area contributed by atoms with E-state index in [1.807, 2.05) is 24.3 Å². The fourth-order valence-electron chi connectivity index (χ4n) is 2.01. The second-order valence-electron chi connectivity index (χ2n) is 4.26. The second kappa shape index (κ2) is 5.51. The van der Waals surface area contributed by atoms with Crippen LogP contribution in [0.4, 0.5) is 5.69 Å². The summed E-state index contributed by atoms with van der Waals surface area (Å²) in [4.78, 5) is 12.0. The van der Waals surface area contributed by atoms with Crippen LogP contribution in [0.1, 0.15) is 18.4 Å². The van der Waals surface area contributed by atoms with E-state index >= 15 is 0 Å². The van der Waals surface area contributed by atoms with Gasteiger partial charge in [0, 0.05) is 17.8 Å². The van der Waals surface area contributed by atoms with E-state index in [2.05, 4.69) is 16.6 Å². The van der Waals surface area contributed by atoms with Crippen LogP contribution in [0.5, 0.6) is 0 Å². The van der Waals surface area contributed by atoms with Crippen molar-refractivity contribution in [2.24, 2.45) is 5.92 Å². The van der Waals surface area contributed by atoms with Gasteiger partial charge in [0.15, 0.2) is 0 Å². The molecular weight excluding hydrogens is 212 g/mol. The van der Waals surface area contributed by atoms with Crippen molar-refractivity contribution in [3.8, 4) is 12.3 Å². The van der Waals surface area contributed by atoms with Crippen LogP contribution in [0.2, 0.25) is 0 Å². The molecule has 3 nitrogen and oxygen atoms in total. The van der Waals surface area contributed by atoms with Gasteiger partial charge in [-0.3, -0.25) is 4.79 Å². The molecule has 1 fully saturated rings. The van der Waals surface area contributed by atoms with Crippen LogP contribution in [-0.2, 0) is 4.79 Å². The molecule has 3 heteroatoms. The summed E-state index contributed by atoms with van der Waals surface area (Å²) in [7, 11) is 0. The van der Waals surface area contributed by atoms with Crippen LogP contribution in [-0.4, -0.2) is 19.0 Å². The molecule has 0 radical (unpaired) electrons. The number of carbonyl (C=O) groups is 1. The predicted octanol–water partition coefficient (Wildman–Crippen LogP) is 1.61. The lowest BCUT2D eigenvalue weighted by atomic mass is 9.99. The van der Waals surface area contributed by atoms with Crippen molar-refractivity contribution < 1.29 is 4.79 Å². The Hall–Kier alpha value is -1.79. The average Bonchev–Trinajstić information content (AvgIpc) is 2.40. The largest absolute Gasteiger partial charge is 0.326 e. The third kappa shape index (κ3) is 3.08. The Morgan fingerprint density at radius 2 is 2.41 bits per heavy atom. The van der Waals surface area contributed by atoms with Crippen molar-refractivity contribution in [1.29, 1.82) is 0 Å². The van der Waals surface area contributed by atoms with Gasteiger partial charge in [0.05, 0.1) is 5.92 Å². The van der Waals surface area contributed by atoms with Gasteiger partial charge in [-0.1, -0.05) is 12.0 Å². The molecule has 1 aliphatic heterocycles. The zero-order valence-electron chi connectivity index (χ0n) is 9.70. The lowest BCUT2D eigenvalue weighted by molar-refractivity contribution is -0.120. The summed E-state index contributed by atoms with van der Waals surface area (Å²) in [6, 6.07) is 7.37. The minimum atomic E-state index is 0.0678. The fourth-order valence-corrected chi connectivity index (χ4v) is 2.01. The predicted molar refractivity (Wildman–Crippen MR) is 68.6 cm³/mol. The number of benzene rings is 1. The molecule has 0 aromatic heterocycles. The molecule has 0 spiro atoms. The SMILES string of the molecule is C#Cc1cccc(NC(=O)[C@H]2CCCNC2)c1. The Bertz CT molecular complexity index is 442. The molecule has 2 rings (SSSR count). The third-order valence-corrected chi connectivity index (χ3v) is 2.96. The number of hydrogen-bond acceptors (Lipinski definition) is 2. The molecular formula is C14H16N2O. The first-order valence-electron chi connectivity index (χ1n) is 5.88. The topological polar surface area (TPSA) is 41.1 Å². The zero-order valence-corrected chi connectivity index (χ0v) is 9.70. The van der Waals surface area contributed by atoms with Crippen LogP contribution in [0, 0.1) is 18.3 Å². The Kier molecular flexibility index (Phi) is 3.79. The van der Waals surface area contributed by atoms with Crippen LogP contribution >= 0.6 is 0 Å². The van der Waals surface area contributed by atoms with Crippen molar-refractivity contribution in [2.45, 2.75) is 12.8 Å². The quantitative estimate of drug-likeness (QED) is 0.755. The summed E-state index contributed by atoms with van der Waals surface area (Å²) >= 11 is 0. The fraction of sp³-hybridized carbons (Fsp3) is 0.357. The number of amides is 1. The Morgan fingerprint density at radius 1 is 1.53 bits per heavy atom. The van der Waals surface area contributed by atoms with Gasteiger partial charge in [-0.05, 0) is 37.6 Å². The van der Waals surface area contributed by atoms with Gasteiger partial charge >= 0.3 is 0 Å². The number of rotatable bonds is 2. The Morgan fingerprint density at radius 3 is 3.12 bits per heavy atom. The summed E-state index contributed by atoms with van der Waals surface area (Å²) < 4.78 is 0. The van der Waals surface area contributed by atoms with Gasteiger partial charge in [0.2, 0.25) is 5.91 Å². The molecule has 1 heterocycles. The van der Waals surface area contributed by atoms with Crippen molar-refractivity contribution in [1.82, 2.24) is 5.32 Å². The number of nitrogens with one attached hydrogen (secondary N) is 2. The zero-order chi connectivity index (χ0) is 12.1. The van der Waals surface area contributed by atoms with Crippen LogP contribution in [0.3, 0.4) is 0 Å². The van der Waals surface area contributed by atoms with Crippen molar-refractivity contribution in [2.75, 3.05) is 18.4 Å². The summed E-state index contributed by atoms with van der Waals surface area (Å²) in [5, 5.41) is 6.14. The summed E-state index contributed by atoms with van der Waals surface area (Å²) in [5.74, 6) is 2.70. The molecule has 0 saturated carbocycles. The second-order valence-corrected chi connectivity index (χ2v) is 4.26. The molecule has 1 aromatic rings. The molecule has 17 heavy (non-hydrogen) atoms. The number of anilines is 1. The normalized spacial score (nSPS) is 19.4. The molecule has 1 saturated heterocycles. The van der Waals surface area contributed by atoms with Gasteiger partial charge in [-0.15, -0.1) is 6.42 Å². The summed E-state index contributed by atoms with van der Waals surface area (Å²) in [6.07, 6.45) is 7.33. The van der Waals surface area contributed by atoms with Crippen LogP contribution in [0.15, 0.2) is 24.3 Å². The van der Waals surface area contributed by atoms with Gasteiger partial charge < -0.3 is 10.6 Å². The van der Waals surface area contributed by atoms with Gasteiger partial charge in [0.1, 0.15) is 0 Å². The number of piperidine rings is 1. The lowest BCUT2D eigenvalue weighted by Gasteiger charge is -2.21. The highest BCUT2D eigenvalue weighted by Gasteiger charge is 2.20. The number of terminal acetylenes is 1. The first-order valence-corrected chi connectivity index (χ1v) is 5.88. The van der Waals surface area contributed by atoms with Gasteiger partial charge in [-0.2, -0.15) is 0 Å². The Balaban J connectivity index is 1.99. The molecule has 0 bridgehead atoms. The van der Waals surface area contributed by atoms with Gasteiger partial charge in [0.25, 0.3) is 0 Å². The standard InChI is InChI=1S/C14H16N2O/c1-2-11-5-3-7-13(9-11)16-14(17)12-6-4-8-15-10-12/h1,3,5,7,9,12,15H,4,6,8,10H2,(H,16,17)/t12-/m0/s1. The van der Waals surface area contributed by atoms with E-state index in [4.69, 9.17) is 6.42 Å². The maximum absolute atomic E-state index is 12.0. The highest BCUT2D eigenvalue weighted by Crippen LogP contribution is 2.15. The summed E-state index contributed by atoms with van der Waals surface area (Å²) in [5.41, 5.74) is 1.56. The number of carbonyl (C=O) groups excluding carboxylic acids is 1. The smallest absolute Gasteiger partial charge is 0.228 e. The number of hydrogen-bond donors (Lipinski definition) is 2. The van der Waals surface area contributed by atoms with Crippen molar-refractivity contribution >= 4 is 11.6 Å². The first-order chi connectivity index (χ1) is 8.29. The maximum atomic E-state index is 12.0.